The molecule has 0 bridgehead atoms. The lowest BCUT2D eigenvalue weighted by Gasteiger charge is -2.42. The van der Waals surface area contributed by atoms with Crippen molar-refractivity contribution in [1.29, 1.82) is 0 Å². The summed E-state index contributed by atoms with van der Waals surface area (Å²) in [4.78, 5) is 87.4. The van der Waals surface area contributed by atoms with Crippen molar-refractivity contribution < 1.29 is 164 Å². The molecule has 13 N–H and O–H groups in total. The number of benzene rings is 1. The second-order valence-corrected chi connectivity index (χ2v) is 26.3. The molecule has 15 atom stereocenters. The average molecular weight is 1630 g/mol. The fraction of sp³-hybridized carbons (Fsp3) is 0.819. The molecular formula is C72H125N7O34. The molecule has 3 heterocycles. The van der Waals surface area contributed by atoms with E-state index in [4.69, 9.17) is 99.5 Å². The van der Waals surface area contributed by atoms with E-state index < -0.39 is 121 Å². The Morgan fingerprint density at radius 3 is 0.841 bits per heavy atom. The molecule has 7 amide bonds. The minimum atomic E-state index is -1.41. The van der Waals surface area contributed by atoms with Crippen LogP contribution in [0.1, 0.15) is 56.0 Å². The number of hydrogen-bond acceptors (Lipinski definition) is 34. The van der Waals surface area contributed by atoms with E-state index in [0.717, 1.165) is 5.56 Å². The molecule has 0 saturated carbocycles. The predicted molar refractivity (Wildman–Crippen MR) is 392 cm³/mol. The fourth-order valence-corrected chi connectivity index (χ4v) is 11.2. The summed E-state index contributed by atoms with van der Waals surface area (Å²) in [5.41, 5.74) is -0.168. The van der Waals surface area contributed by atoms with Crippen LogP contribution in [-0.2, 0) is 128 Å². The van der Waals surface area contributed by atoms with Crippen molar-refractivity contribution in [2.24, 2.45) is 0 Å². The largest absolute Gasteiger partial charge is 0.388 e. The standard InChI is InChI=1S/C72H125N7O34/c1-48-8-10-52(11-9-48)68(92)79-72(45-108-18-12-56(83)73-15-21-96-24-27-99-30-33-102-36-39-105-42-53-62(86)65(89)59(76-49(2)80)69(93-5)111-53,46-109-19-13-57(84)74-16-22-97-25-28-100-31-34-103-37-40-106-43-54-63(87)66(90)60(77-50(3)81)70(94-6)112-54)47-110-20-14-58(85)75-17-23-98-26-29-101-32-35-104-38-41-107-44-55-64(88)67(91)61(78-51(4)82)71(95-7)113-55/h8-11,53-55,59-67,69-71,86-91H,12-47H2,1-7H3,(H,73,83)(H,74,84)(H,75,85)(H,76,80)(H,77,81)(H,78,82)(H,79,92)/t53-,54-,55-,59-,60-,61-,62+,63+,64+,65-,66-,67-,69-,70-,71-/m1/s1. The third-order valence-electron chi connectivity index (χ3n) is 17.1. The SMILES string of the molecule is CO[C@@H]1O[C@H](COCCOCCOCCOCCNC(=O)CCOCC(COCCC(=O)NCCOCCOCCOCCOC[C@H]2O[C@@H](OC)[C@H](NC(C)=O)[C@@H](O)[C@H]2O)(COCCC(=O)NCCOCCOCCOCCOC[C@H]2O[C@@H](OC)[C@H](NC(C)=O)[C@@H](O)[C@H]2O)NC(=O)c2ccc(C)cc2)[C@H](O)[C@H](O)[C@H]1NC(C)=O. The van der Waals surface area contributed by atoms with E-state index in [1.807, 2.05) is 6.92 Å². The van der Waals surface area contributed by atoms with E-state index >= 15 is 0 Å². The number of carbonyl (C=O) groups excluding carboxylic acids is 7. The van der Waals surface area contributed by atoms with Crippen molar-refractivity contribution in [2.75, 3.05) is 239 Å². The normalized spacial score (nSPS) is 23.8. The molecule has 4 rings (SSSR count). The van der Waals surface area contributed by atoms with Crippen LogP contribution in [0.25, 0.3) is 0 Å². The highest BCUT2D eigenvalue weighted by molar-refractivity contribution is 5.94. The van der Waals surface area contributed by atoms with E-state index in [2.05, 4.69) is 37.2 Å². The lowest BCUT2D eigenvalue weighted by Crippen LogP contribution is -2.64. The number of methoxy groups -OCH3 is 3. The second kappa shape index (κ2) is 60.0. The maximum atomic E-state index is 14.0. The molecule has 0 aliphatic carbocycles. The van der Waals surface area contributed by atoms with Crippen molar-refractivity contribution >= 4 is 41.4 Å². The van der Waals surface area contributed by atoms with Gasteiger partial charge in [0.15, 0.2) is 18.9 Å². The Kier molecular flexibility index (Phi) is 53.0. The molecule has 1 aromatic rings. The second-order valence-electron chi connectivity index (χ2n) is 26.3. The minimum absolute atomic E-state index is 0.0565. The van der Waals surface area contributed by atoms with Gasteiger partial charge in [0.05, 0.1) is 198 Å². The van der Waals surface area contributed by atoms with Crippen LogP contribution in [0, 0.1) is 6.92 Å². The van der Waals surface area contributed by atoms with E-state index in [0.29, 0.717) is 5.56 Å². The third kappa shape index (κ3) is 41.9. The maximum absolute atomic E-state index is 14.0. The van der Waals surface area contributed by atoms with Crippen molar-refractivity contribution in [2.45, 2.75) is 144 Å². The van der Waals surface area contributed by atoms with Gasteiger partial charge in [-0.3, -0.25) is 33.6 Å². The first-order chi connectivity index (χ1) is 54.5. The summed E-state index contributed by atoms with van der Waals surface area (Å²) in [7, 11) is 4.07. The number of hydrogen-bond donors (Lipinski definition) is 13. The van der Waals surface area contributed by atoms with Gasteiger partial charge in [-0.25, -0.2) is 0 Å². The maximum Gasteiger partial charge on any atom is 0.251 e. The molecule has 41 heteroatoms. The number of rotatable bonds is 65. The molecule has 3 fully saturated rings. The Balaban J connectivity index is 1.14. The average Bonchev–Trinajstić information content (AvgIpc) is 0.817. The van der Waals surface area contributed by atoms with Crippen LogP contribution in [0.15, 0.2) is 24.3 Å². The molecule has 1 aromatic carbocycles. The van der Waals surface area contributed by atoms with Crippen molar-refractivity contribution in [3.63, 3.8) is 0 Å². The van der Waals surface area contributed by atoms with Crippen LogP contribution < -0.4 is 37.2 Å². The third-order valence-corrected chi connectivity index (χ3v) is 17.1. The summed E-state index contributed by atoms with van der Waals surface area (Å²) in [6, 6.07) is 4.01. The molecule has 0 spiro atoms. The molecule has 113 heavy (non-hydrogen) atoms. The number of nitrogens with one attached hydrogen (secondary N) is 7. The molecule has 0 aromatic heterocycles. The first kappa shape index (κ1) is 99.8. The summed E-state index contributed by atoms with van der Waals surface area (Å²) in [6.07, 6.45) is -13.8. The van der Waals surface area contributed by atoms with E-state index in [1.165, 1.54) is 42.1 Å². The van der Waals surface area contributed by atoms with Crippen LogP contribution in [0.3, 0.4) is 0 Å². The van der Waals surface area contributed by atoms with Gasteiger partial charge >= 0.3 is 0 Å². The molecular weight excluding hydrogens is 1510 g/mol. The Labute approximate surface area is 659 Å². The van der Waals surface area contributed by atoms with Crippen LogP contribution in [0.4, 0.5) is 0 Å². The Hall–Kier alpha value is -5.57. The number of aliphatic hydroxyl groups excluding tert-OH is 6. The molecule has 3 aliphatic heterocycles. The van der Waals surface area contributed by atoms with Gasteiger partial charge in [-0.1, -0.05) is 17.7 Å². The first-order valence-electron chi connectivity index (χ1n) is 37.8. The number of aliphatic hydroxyl groups is 6. The summed E-state index contributed by atoms with van der Waals surface area (Å²) in [5, 5.41) is 81.8. The molecule has 41 nitrogen and oxygen atoms in total. The highest BCUT2D eigenvalue weighted by Crippen LogP contribution is 2.25. The summed E-state index contributed by atoms with van der Waals surface area (Å²) >= 11 is 0. The van der Waals surface area contributed by atoms with Crippen LogP contribution in [-0.4, -0.2) is 409 Å². The molecule has 0 radical (unpaired) electrons. The molecule has 3 saturated heterocycles. The van der Waals surface area contributed by atoms with Gasteiger partial charge in [-0.2, -0.15) is 0 Å². The Morgan fingerprint density at radius 2 is 0.593 bits per heavy atom. The van der Waals surface area contributed by atoms with Crippen LogP contribution in [0.2, 0.25) is 0 Å². The summed E-state index contributed by atoms with van der Waals surface area (Å²) in [5.74, 6) is -2.75. The smallest absolute Gasteiger partial charge is 0.251 e. The van der Waals surface area contributed by atoms with Crippen molar-refractivity contribution in [1.82, 2.24) is 37.2 Å². The van der Waals surface area contributed by atoms with Gasteiger partial charge in [0.1, 0.15) is 78.6 Å². The fourth-order valence-electron chi connectivity index (χ4n) is 11.2. The number of aryl methyl sites for hydroxylation is 1. The summed E-state index contributed by atoms with van der Waals surface area (Å²) in [6.45, 7) is 10.0. The number of ether oxygens (including phenoxy) is 21. The zero-order valence-electron chi connectivity index (χ0n) is 66.0. The molecule has 0 unspecified atom stereocenters. The van der Waals surface area contributed by atoms with E-state index in [-0.39, 0.29) is 255 Å². The first-order valence-corrected chi connectivity index (χ1v) is 37.8. The Morgan fingerprint density at radius 1 is 0.345 bits per heavy atom. The zero-order valence-corrected chi connectivity index (χ0v) is 66.0. The van der Waals surface area contributed by atoms with E-state index in [1.54, 1.807) is 24.3 Å². The number of carbonyl (C=O) groups is 7. The summed E-state index contributed by atoms with van der Waals surface area (Å²) < 4.78 is 118. The monoisotopic (exact) mass is 1630 g/mol. The Bertz CT molecular complexity index is 2500. The minimum Gasteiger partial charge on any atom is -0.388 e. The molecule has 652 valence electrons. The highest BCUT2D eigenvalue weighted by atomic mass is 16.7. The van der Waals surface area contributed by atoms with Gasteiger partial charge < -0.3 is 167 Å². The van der Waals surface area contributed by atoms with Gasteiger partial charge in [0.25, 0.3) is 5.91 Å². The lowest BCUT2D eigenvalue weighted by atomic mass is 9.97. The highest BCUT2D eigenvalue weighted by Gasteiger charge is 2.48. The predicted octanol–water partition coefficient (Wildman–Crippen LogP) is -5.98. The van der Waals surface area contributed by atoms with Crippen molar-refractivity contribution in [3.05, 3.63) is 35.4 Å². The quantitative estimate of drug-likeness (QED) is 0.0270. The van der Waals surface area contributed by atoms with Crippen LogP contribution in [0.5, 0.6) is 0 Å². The van der Waals surface area contributed by atoms with Gasteiger partial charge in [-0.05, 0) is 19.1 Å². The van der Waals surface area contributed by atoms with Crippen LogP contribution >= 0.6 is 0 Å². The van der Waals surface area contributed by atoms with Crippen molar-refractivity contribution in [3.8, 4) is 0 Å². The topological polar surface area (TPSA) is 519 Å². The van der Waals surface area contributed by atoms with Gasteiger partial charge in [0, 0.05) is 86.6 Å². The lowest BCUT2D eigenvalue weighted by molar-refractivity contribution is -0.265. The number of amides is 7. The zero-order chi connectivity index (χ0) is 82.4. The van der Waals surface area contributed by atoms with E-state index in [9.17, 15) is 64.2 Å². The van der Waals surface area contributed by atoms with Gasteiger partial charge in [-0.15, -0.1) is 0 Å². The van der Waals surface area contributed by atoms with Gasteiger partial charge in [0.2, 0.25) is 35.4 Å². The molecule has 3 aliphatic rings.